The maximum absolute atomic E-state index is 13.3. The molecule has 1 N–H and O–H groups in total. The highest BCUT2D eigenvalue weighted by molar-refractivity contribution is 5.88. The number of aryl methyl sites for hydroxylation is 1. The lowest BCUT2D eigenvalue weighted by Crippen LogP contribution is -2.53. The van der Waals surface area contributed by atoms with Crippen LogP contribution in [0.3, 0.4) is 0 Å². The molecule has 0 heterocycles. The van der Waals surface area contributed by atoms with Gasteiger partial charge in [-0.25, -0.2) is 4.39 Å². The first-order chi connectivity index (χ1) is 13.7. The van der Waals surface area contributed by atoms with Crippen molar-refractivity contribution in [2.75, 3.05) is 0 Å². The summed E-state index contributed by atoms with van der Waals surface area (Å²) in [6.07, 6.45) is 1.42. The Morgan fingerprint density at radius 3 is 2.17 bits per heavy atom. The van der Waals surface area contributed by atoms with E-state index in [4.69, 9.17) is 0 Å². The van der Waals surface area contributed by atoms with Gasteiger partial charge in [0.1, 0.15) is 11.9 Å². The van der Waals surface area contributed by atoms with Crippen LogP contribution in [0.25, 0.3) is 0 Å². The van der Waals surface area contributed by atoms with Crippen molar-refractivity contribution in [3.8, 4) is 0 Å². The zero-order chi connectivity index (χ0) is 21.4. The van der Waals surface area contributed by atoms with Gasteiger partial charge in [0.15, 0.2) is 0 Å². The second-order valence-corrected chi connectivity index (χ2v) is 8.30. The van der Waals surface area contributed by atoms with E-state index in [2.05, 4.69) is 5.32 Å². The van der Waals surface area contributed by atoms with Crippen molar-refractivity contribution >= 4 is 11.8 Å². The molecule has 29 heavy (non-hydrogen) atoms. The molecule has 2 amide bonds. The average Bonchev–Trinajstić information content (AvgIpc) is 2.67. The molecule has 2 rings (SSSR count). The molecule has 2 aromatic rings. The van der Waals surface area contributed by atoms with Crippen LogP contribution < -0.4 is 5.32 Å². The predicted octanol–water partition coefficient (Wildman–Crippen LogP) is 4.48. The summed E-state index contributed by atoms with van der Waals surface area (Å²) in [5.41, 5.74) is 1.48. The Balaban J connectivity index is 2.21. The Morgan fingerprint density at radius 2 is 1.62 bits per heavy atom. The van der Waals surface area contributed by atoms with Gasteiger partial charge in [-0.15, -0.1) is 0 Å². The van der Waals surface area contributed by atoms with Crippen molar-refractivity contribution in [2.45, 2.75) is 65.1 Å². The van der Waals surface area contributed by atoms with Gasteiger partial charge in [0, 0.05) is 18.5 Å². The average molecular weight is 399 g/mol. The molecule has 156 valence electrons. The fourth-order valence-corrected chi connectivity index (χ4v) is 3.20. The van der Waals surface area contributed by atoms with E-state index in [0.29, 0.717) is 19.3 Å². The van der Waals surface area contributed by atoms with Crippen molar-refractivity contribution in [1.29, 1.82) is 0 Å². The van der Waals surface area contributed by atoms with Crippen LogP contribution in [0.15, 0.2) is 54.6 Å². The quantitative estimate of drug-likeness (QED) is 0.713. The summed E-state index contributed by atoms with van der Waals surface area (Å²) in [4.78, 5) is 27.6. The highest BCUT2D eigenvalue weighted by Crippen LogP contribution is 2.16. The fraction of sp³-hybridized carbons (Fsp3) is 0.417. The highest BCUT2D eigenvalue weighted by Gasteiger charge is 2.30. The van der Waals surface area contributed by atoms with Gasteiger partial charge in [0.25, 0.3) is 0 Å². The van der Waals surface area contributed by atoms with Crippen molar-refractivity contribution < 1.29 is 14.0 Å². The largest absolute Gasteiger partial charge is 0.350 e. The maximum atomic E-state index is 13.3. The molecular formula is C24H31FN2O2. The maximum Gasteiger partial charge on any atom is 0.243 e. The number of hydrogen-bond acceptors (Lipinski definition) is 2. The van der Waals surface area contributed by atoms with Crippen LogP contribution >= 0.6 is 0 Å². The Kier molecular flexibility index (Phi) is 7.94. The molecule has 0 bridgehead atoms. The predicted molar refractivity (Wildman–Crippen MR) is 114 cm³/mol. The minimum absolute atomic E-state index is 0.0888. The summed E-state index contributed by atoms with van der Waals surface area (Å²) in [5, 5.41) is 2.98. The number of rotatable bonds is 8. The van der Waals surface area contributed by atoms with Crippen LogP contribution in [0.1, 0.15) is 51.7 Å². The molecule has 0 aliphatic rings. The minimum atomic E-state index is -0.581. The smallest absolute Gasteiger partial charge is 0.243 e. The zero-order valence-electron chi connectivity index (χ0n) is 17.7. The van der Waals surface area contributed by atoms with Gasteiger partial charge in [-0.05, 0) is 56.9 Å². The van der Waals surface area contributed by atoms with Crippen LogP contribution in [0.4, 0.5) is 4.39 Å². The van der Waals surface area contributed by atoms with Crippen molar-refractivity contribution in [2.24, 2.45) is 0 Å². The third kappa shape index (κ3) is 7.33. The number of nitrogens with zero attached hydrogens (tertiary/aromatic N) is 1. The molecular weight excluding hydrogens is 367 g/mol. The second kappa shape index (κ2) is 10.2. The van der Waals surface area contributed by atoms with Gasteiger partial charge < -0.3 is 10.2 Å². The molecule has 1 atom stereocenters. The first kappa shape index (κ1) is 22.6. The minimum Gasteiger partial charge on any atom is -0.350 e. The van der Waals surface area contributed by atoms with E-state index in [0.717, 1.165) is 11.1 Å². The molecule has 0 saturated heterocycles. The van der Waals surface area contributed by atoms with E-state index >= 15 is 0 Å². The normalized spacial score (nSPS) is 12.3. The standard InChI is InChI=1S/C24H31FN2O2/c1-5-21(23(29)26-24(2,3)4)27(17-19-11-14-20(25)15-12-19)22(28)16-13-18-9-7-6-8-10-18/h6-12,14-15,21H,5,13,16-17H2,1-4H3,(H,26,29). The molecule has 4 nitrogen and oxygen atoms in total. The zero-order valence-corrected chi connectivity index (χ0v) is 17.7. The first-order valence-corrected chi connectivity index (χ1v) is 10.1. The summed E-state index contributed by atoms with van der Waals surface area (Å²) >= 11 is 0. The molecule has 5 heteroatoms. The fourth-order valence-electron chi connectivity index (χ4n) is 3.20. The Bertz CT molecular complexity index is 798. The van der Waals surface area contributed by atoms with E-state index in [1.54, 1.807) is 17.0 Å². The van der Waals surface area contributed by atoms with Gasteiger partial charge in [0.2, 0.25) is 11.8 Å². The Morgan fingerprint density at radius 1 is 1.00 bits per heavy atom. The topological polar surface area (TPSA) is 49.4 Å². The molecule has 0 aromatic heterocycles. The van der Waals surface area contributed by atoms with Crippen molar-refractivity contribution in [1.82, 2.24) is 10.2 Å². The number of halogens is 1. The lowest BCUT2D eigenvalue weighted by Gasteiger charge is -2.33. The number of amides is 2. The van der Waals surface area contributed by atoms with E-state index < -0.39 is 6.04 Å². The molecule has 2 aromatic carbocycles. The van der Waals surface area contributed by atoms with Gasteiger partial charge >= 0.3 is 0 Å². The summed E-state index contributed by atoms with van der Waals surface area (Å²) < 4.78 is 13.3. The van der Waals surface area contributed by atoms with Gasteiger partial charge in [-0.1, -0.05) is 49.4 Å². The summed E-state index contributed by atoms with van der Waals surface area (Å²) in [6.45, 7) is 7.91. The van der Waals surface area contributed by atoms with Crippen LogP contribution in [-0.2, 0) is 22.6 Å². The number of carbonyl (C=O) groups is 2. The van der Waals surface area contributed by atoms with Crippen molar-refractivity contribution in [3.63, 3.8) is 0 Å². The highest BCUT2D eigenvalue weighted by atomic mass is 19.1. The van der Waals surface area contributed by atoms with Gasteiger partial charge in [-0.3, -0.25) is 9.59 Å². The third-order valence-corrected chi connectivity index (χ3v) is 4.62. The van der Waals surface area contributed by atoms with E-state index in [9.17, 15) is 14.0 Å². The third-order valence-electron chi connectivity index (χ3n) is 4.62. The molecule has 0 aliphatic heterocycles. The summed E-state index contributed by atoms with van der Waals surface area (Å²) in [7, 11) is 0. The number of hydrogen-bond donors (Lipinski definition) is 1. The van der Waals surface area contributed by atoms with Crippen LogP contribution in [0, 0.1) is 5.82 Å². The lowest BCUT2D eigenvalue weighted by atomic mass is 10.0. The Hall–Kier alpha value is -2.69. The lowest BCUT2D eigenvalue weighted by molar-refractivity contribution is -0.142. The summed E-state index contributed by atoms with van der Waals surface area (Å²) in [5.74, 6) is -0.586. The van der Waals surface area contributed by atoms with Gasteiger partial charge in [0.05, 0.1) is 0 Å². The van der Waals surface area contributed by atoms with Crippen LogP contribution in [-0.4, -0.2) is 28.3 Å². The molecule has 0 saturated carbocycles. The SMILES string of the molecule is CCC(C(=O)NC(C)(C)C)N(Cc1ccc(F)cc1)C(=O)CCc1ccccc1. The van der Waals surface area contributed by atoms with Crippen LogP contribution in [0.2, 0.25) is 0 Å². The molecule has 0 aliphatic carbocycles. The first-order valence-electron chi connectivity index (χ1n) is 10.1. The van der Waals surface area contributed by atoms with E-state index in [1.807, 2.05) is 58.0 Å². The molecule has 1 unspecified atom stereocenters. The van der Waals surface area contributed by atoms with Gasteiger partial charge in [-0.2, -0.15) is 0 Å². The molecule has 0 fully saturated rings. The van der Waals surface area contributed by atoms with E-state index in [1.165, 1.54) is 12.1 Å². The monoisotopic (exact) mass is 398 g/mol. The van der Waals surface area contributed by atoms with Crippen molar-refractivity contribution in [3.05, 3.63) is 71.5 Å². The van der Waals surface area contributed by atoms with Crippen LogP contribution in [0.5, 0.6) is 0 Å². The summed E-state index contributed by atoms with van der Waals surface area (Å²) in [6, 6.07) is 15.3. The molecule has 0 radical (unpaired) electrons. The van der Waals surface area contributed by atoms with E-state index in [-0.39, 0.29) is 29.7 Å². The molecule has 0 spiro atoms. The number of carbonyl (C=O) groups excluding carboxylic acids is 2. The Labute approximate surface area is 173 Å². The number of benzene rings is 2. The number of nitrogens with one attached hydrogen (secondary N) is 1. The second-order valence-electron chi connectivity index (χ2n) is 8.30.